The summed E-state index contributed by atoms with van der Waals surface area (Å²) in [5.41, 5.74) is 1.69. The normalized spacial score (nSPS) is 11.6. The monoisotopic (exact) mass is 515 g/mol. The Morgan fingerprint density at radius 2 is 1.89 bits per heavy atom. The molecule has 4 rings (SSSR count). The van der Waals surface area contributed by atoms with Crippen molar-refractivity contribution < 1.29 is 22.0 Å². The number of carbonyl (C=O) groups is 1. The van der Waals surface area contributed by atoms with Gasteiger partial charge < -0.3 is 4.42 Å². The van der Waals surface area contributed by atoms with Gasteiger partial charge in [-0.3, -0.25) is 15.1 Å². The van der Waals surface area contributed by atoms with Gasteiger partial charge in [0.15, 0.2) is 5.13 Å². The predicted molar refractivity (Wildman–Crippen MR) is 132 cm³/mol. The second kappa shape index (κ2) is 9.92. The Morgan fingerprint density at radius 3 is 2.54 bits per heavy atom. The molecule has 0 spiro atoms. The van der Waals surface area contributed by atoms with Crippen LogP contribution in [0.15, 0.2) is 58.5 Å². The van der Waals surface area contributed by atoms with Crippen molar-refractivity contribution in [1.29, 1.82) is 0 Å². The van der Waals surface area contributed by atoms with Crippen LogP contribution in [0.5, 0.6) is 0 Å². The molecule has 0 bridgehead atoms. The minimum atomic E-state index is -3.75. The summed E-state index contributed by atoms with van der Waals surface area (Å²) in [6, 6.07) is 10.4. The van der Waals surface area contributed by atoms with Gasteiger partial charge in [0.25, 0.3) is 5.91 Å². The van der Waals surface area contributed by atoms with Crippen molar-refractivity contribution in [1.82, 2.24) is 15.0 Å². The molecule has 35 heavy (non-hydrogen) atoms. The molecule has 0 fully saturated rings. The number of anilines is 2. The van der Waals surface area contributed by atoms with E-state index in [2.05, 4.69) is 20.3 Å². The van der Waals surface area contributed by atoms with Crippen LogP contribution in [-0.2, 0) is 10.0 Å². The van der Waals surface area contributed by atoms with Crippen molar-refractivity contribution in [2.75, 3.05) is 22.4 Å². The Labute approximate surface area is 205 Å². The molecular weight excluding hydrogens is 493 g/mol. The molecule has 0 unspecified atom stereocenters. The van der Waals surface area contributed by atoms with Gasteiger partial charge in [0.2, 0.25) is 15.8 Å². The molecule has 0 aliphatic heterocycles. The highest BCUT2D eigenvalue weighted by molar-refractivity contribution is 7.92. The van der Waals surface area contributed by atoms with Gasteiger partial charge >= 0.3 is 6.01 Å². The van der Waals surface area contributed by atoms with Crippen molar-refractivity contribution >= 4 is 38.4 Å². The van der Waals surface area contributed by atoms with Gasteiger partial charge in [0, 0.05) is 24.2 Å². The average molecular weight is 516 g/mol. The van der Waals surface area contributed by atoms with E-state index in [1.54, 1.807) is 37.6 Å². The van der Waals surface area contributed by atoms with Crippen LogP contribution in [0.4, 0.5) is 15.5 Å². The lowest BCUT2D eigenvalue weighted by molar-refractivity contribution is 0.0998. The number of amides is 1. The van der Waals surface area contributed by atoms with E-state index in [-0.39, 0.29) is 29.1 Å². The smallest absolute Gasteiger partial charge is 0.312 e. The summed E-state index contributed by atoms with van der Waals surface area (Å²) in [4.78, 5) is 26.0. The average Bonchev–Trinajstić information content (AvgIpc) is 3.46. The Balaban J connectivity index is 1.68. The molecule has 0 aliphatic carbocycles. The first-order valence-electron chi connectivity index (χ1n) is 10.6. The summed E-state index contributed by atoms with van der Waals surface area (Å²) >= 11 is 1.19. The topological polar surface area (TPSA) is 118 Å². The van der Waals surface area contributed by atoms with Crippen LogP contribution in [0.3, 0.4) is 0 Å². The van der Waals surface area contributed by atoms with Gasteiger partial charge in [-0.1, -0.05) is 19.9 Å². The highest BCUT2D eigenvalue weighted by Crippen LogP contribution is 2.31. The molecule has 0 aliphatic rings. The second-order valence-electron chi connectivity index (χ2n) is 8.03. The lowest BCUT2D eigenvalue weighted by Crippen LogP contribution is -2.31. The first-order valence-corrected chi connectivity index (χ1v) is 13.0. The number of halogens is 1. The molecule has 1 amide bonds. The summed E-state index contributed by atoms with van der Waals surface area (Å²) in [5.74, 6) is -1.64. The van der Waals surface area contributed by atoms with E-state index in [9.17, 15) is 17.6 Å². The number of oxazole rings is 1. The van der Waals surface area contributed by atoms with Crippen molar-refractivity contribution in [2.24, 2.45) is 5.92 Å². The summed E-state index contributed by atoms with van der Waals surface area (Å²) < 4.78 is 45.4. The molecule has 0 saturated carbocycles. The molecule has 1 aromatic carbocycles. The third-order valence-corrected chi connectivity index (χ3v) is 7.66. The van der Waals surface area contributed by atoms with Crippen molar-refractivity contribution in [3.63, 3.8) is 0 Å². The highest BCUT2D eigenvalue weighted by Gasteiger charge is 2.29. The maximum atomic E-state index is 13.5. The fourth-order valence-electron chi connectivity index (χ4n) is 3.17. The van der Waals surface area contributed by atoms with Crippen LogP contribution in [-0.4, -0.2) is 42.1 Å². The van der Waals surface area contributed by atoms with Crippen LogP contribution in [0.25, 0.3) is 22.6 Å². The summed E-state index contributed by atoms with van der Waals surface area (Å²) in [5, 5.41) is 4.70. The van der Waals surface area contributed by atoms with Crippen LogP contribution in [0.2, 0.25) is 0 Å². The first kappa shape index (κ1) is 24.5. The van der Waals surface area contributed by atoms with Crippen LogP contribution >= 0.6 is 11.3 Å². The van der Waals surface area contributed by atoms with Gasteiger partial charge in [0.1, 0.15) is 17.2 Å². The second-order valence-corrected chi connectivity index (χ2v) is 10.9. The maximum Gasteiger partial charge on any atom is 0.312 e. The molecule has 0 atom stereocenters. The Kier molecular flexibility index (Phi) is 6.94. The van der Waals surface area contributed by atoms with Crippen LogP contribution in [0.1, 0.15) is 24.4 Å². The predicted octanol–water partition coefficient (Wildman–Crippen LogP) is 4.67. The molecule has 182 valence electrons. The number of nitrogens with zero attached hydrogens (tertiary/aromatic N) is 4. The first-order chi connectivity index (χ1) is 16.6. The Morgan fingerprint density at radius 1 is 1.14 bits per heavy atom. The molecule has 1 N–H and O–H groups in total. The SMILES string of the molecule is CC(C)CS(=O)(=O)N(C)c1nc(-c2ccc(F)cc2)c(C(=O)Nc2nc(-c3ccccn3)cs2)o1. The van der Waals surface area contributed by atoms with Gasteiger partial charge in [-0.2, -0.15) is 4.98 Å². The van der Waals surface area contributed by atoms with Crippen molar-refractivity contribution in [2.45, 2.75) is 13.8 Å². The summed E-state index contributed by atoms with van der Waals surface area (Å²) in [6.07, 6.45) is 1.64. The molecule has 12 heteroatoms. The van der Waals surface area contributed by atoms with Crippen LogP contribution in [0, 0.1) is 11.7 Å². The van der Waals surface area contributed by atoms with E-state index in [1.807, 2.05) is 6.07 Å². The number of rotatable bonds is 8. The molecule has 3 aromatic heterocycles. The maximum absolute atomic E-state index is 13.5. The van der Waals surface area contributed by atoms with Gasteiger partial charge in [0.05, 0.1) is 11.4 Å². The van der Waals surface area contributed by atoms with E-state index in [0.29, 0.717) is 22.1 Å². The van der Waals surface area contributed by atoms with Gasteiger partial charge in [-0.05, 0) is 42.3 Å². The number of thiazole rings is 1. The Hall–Kier alpha value is -3.64. The summed E-state index contributed by atoms with van der Waals surface area (Å²) in [7, 11) is -2.44. The zero-order chi connectivity index (χ0) is 25.2. The molecular formula is C23H22FN5O4S2. The third kappa shape index (κ3) is 5.54. The van der Waals surface area contributed by atoms with Gasteiger partial charge in [-0.15, -0.1) is 11.3 Å². The summed E-state index contributed by atoms with van der Waals surface area (Å²) in [6.45, 7) is 3.55. The largest absolute Gasteiger partial charge is 0.417 e. The minimum absolute atomic E-state index is 0.0746. The van der Waals surface area contributed by atoms with Gasteiger partial charge in [-0.25, -0.2) is 22.1 Å². The number of hydrogen-bond donors (Lipinski definition) is 1. The number of aromatic nitrogens is 3. The molecule has 0 saturated heterocycles. The van der Waals surface area contributed by atoms with E-state index in [0.717, 1.165) is 4.31 Å². The molecule has 4 aromatic rings. The lowest BCUT2D eigenvalue weighted by atomic mass is 10.1. The number of carbonyl (C=O) groups excluding carboxylic acids is 1. The Bertz CT molecular complexity index is 1430. The quantitative estimate of drug-likeness (QED) is 0.362. The molecule has 9 nitrogen and oxygen atoms in total. The number of sulfonamides is 1. The molecule has 0 radical (unpaired) electrons. The number of hydrogen-bond acceptors (Lipinski definition) is 8. The zero-order valence-electron chi connectivity index (χ0n) is 19.1. The van der Waals surface area contributed by atoms with E-state index in [1.165, 1.54) is 42.6 Å². The fraction of sp³-hybridized carbons (Fsp3) is 0.217. The number of benzene rings is 1. The van der Waals surface area contributed by atoms with E-state index < -0.39 is 21.7 Å². The third-order valence-electron chi connectivity index (χ3n) is 4.82. The zero-order valence-corrected chi connectivity index (χ0v) is 20.7. The number of pyridine rings is 1. The lowest BCUT2D eigenvalue weighted by Gasteiger charge is -2.16. The van der Waals surface area contributed by atoms with E-state index in [4.69, 9.17) is 4.42 Å². The van der Waals surface area contributed by atoms with Crippen molar-refractivity contribution in [3.8, 4) is 22.6 Å². The van der Waals surface area contributed by atoms with E-state index >= 15 is 0 Å². The standard InChI is InChI=1S/C23H22FN5O4S2/c1-14(2)13-35(31,32)29(3)23-27-19(15-7-9-16(24)10-8-15)20(33-23)21(30)28-22-26-18(12-34-22)17-6-4-5-11-25-17/h4-12,14H,13H2,1-3H3,(H,26,28,30). The highest BCUT2D eigenvalue weighted by atomic mass is 32.2. The van der Waals surface area contributed by atoms with Crippen LogP contribution < -0.4 is 9.62 Å². The number of nitrogens with one attached hydrogen (secondary N) is 1. The molecule has 3 heterocycles. The minimum Gasteiger partial charge on any atom is -0.417 e. The van der Waals surface area contributed by atoms with Crippen molar-refractivity contribution in [3.05, 3.63) is 65.6 Å². The fourth-order valence-corrected chi connectivity index (χ4v) is 5.25.